The second kappa shape index (κ2) is 7.28. The van der Waals surface area contributed by atoms with Crippen LogP contribution in [0.15, 0.2) is 46.4 Å². The molecule has 2 aromatic carbocycles. The molecule has 1 aliphatic heterocycles. The second-order valence-corrected chi connectivity index (χ2v) is 7.46. The number of thiazole rings is 1. The second-order valence-electron chi connectivity index (χ2n) is 5.62. The van der Waals surface area contributed by atoms with Crippen LogP contribution in [0.4, 0.5) is 16.5 Å². The van der Waals surface area contributed by atoms with Crippen molar-refractivity contribution in [3.8, 4) is 5.88 Å². The third-order valence-corrected chi connectivity index (χ3v) is 5.30. The molecule has 6 nitrogen and oxygen atoms in total. The first-order valence-corrected chi connectivity index (χ1v) is 9.40. The van der Waals surface area contributed by atoms with Crippen LogP contribution in [0.25, 0.3) is 6.08 Å². The lowest BCUT2D eigenvalue weighted by molar-refractivity contribution is 0.356. The molecule has 3 aromatic rings. The van der Waals surface area contributed by atoms with Gasteiger partial charge in [0.05, 0.1) is 31.7 Å². The number of fused-ring (bicyclic) bond motifs is 1. The van der Waals surface area contributed by atoms with Gasteiger partial charge in [0.25, 0.3) is 0 Å². The zero-order valence-electron chi connectivity index (χ0n) is 13.6. The topological polar surface area (TPSA) is 90.1 Å². The van der Waals surface area contributed by atoms with Crippen LogP contribution >= 0.6 is 34.5 Å². The maximum absolute atomic E-state index is 10.2. The van der Waals surface area contributed by atoms with Crippen molar-refractivity contribution in [3.63, 3.8) is 0 Å². The van der Waals surface area contributed by atoms with E-state index in [1.54, 1.807) is 24.3 Å². The Hall–Kier alpha value is -2.45. The minimum atomic E-state index is -0.205. The number of aliphatic hydroxyl groups excluding tert-OH is 1. The van der Waals surface area contributed by atoms with Gasteiger partial charge in [-0.15, -0.1) is 0 Å². The molecular weight excluding hydrogens is 407 g/mol. The Bertz CT molecular complexity index is 1170. The predicted molar refractivity (Wildman–Crippen MR) is 108 cm³/mol. The van der Waals surface area contributed by atoms with Crippen molar-refractivity contribution in [1.82, 2.24) is 4.98 Å². The summed E-state index contributed by atoms with van der Waals surface area (Å²) in [6.45, 7) is -0.205. The lowest BCUT2D eigenvalue weighted by Crippen LogP contribution is -2.07. The normalized spacial score (nSPS) is 13.3. The van der Waals surface area contributed by atoms with Crippen molar-refractivity contribution in [2.24, 2.45) is 9.98 Å². The van der Waals surface area contributed by atoms with Crippen molar-refractivity contribution < 1.29 is 10.2 Å². The molecule has 1 aliphatic rings. The molecule has 0 saturated carbocycles. The lowest BCUT2D eigenvalue weighted by Gasteiger charge is -2.06. The van der Waals surface area contributed by atoms with Crippen LogP contribution in [0.5, 0.6) is 5.88 Å². The van der Waals surface area contributed by atoms with Crippen LogP contribution < -0.4 is 15.9 Å². The van der Waals surface area contributed by atoms with Crippen LogP contribution in [0, 0.1) is 0 Å². The van der Waals surface area contributed by atoms with Gasteiger partial charge >= 0.3 is 0 Å². The molecule has 0 unspecified atom stereocenters. The summed E-state index contributed by atoms with van der Waals surface area (Å²) in [6, 6.07) is 10.7. The van der Waals surface area contributed by atoms with Crippen LogP contribution in [-0.2, 0) is 0 Å². The predicted octanol–water partition coefficient (Wildman–Crippen LogP) is 3.38. The number of para-hydroxylation sites is 1. The highest BCUT2D eigenvalue weighted by Gasteiger charge is 2.12. The van der Waals surface area contributed by atoms with Gasteiger partial charge in [-0.05, 0) is 35.6 Å². The first-order chi connectivity index (χ1) is 13.0. The van der Waals surface area contributed by atoms with Crippen LogP contribution in [0.3, 0.4) is 0 Å². The average Bonchev–Trinajstić information content (AvgIpc) is 3.21. The Morgan fingerprint density at radius 3 is 2.63 bits per heavy atom. The number of amidine groups is 1. The maximum Gasteiger partial charge on any atom is 0.231 e. The van der Waals surface area contributed by atoms with Crippen molar-refractivity contribution in [1.29, 1.82) is 0 Å². The van der Waals surface area contributed by atoms with Gasteiger partial charge in [-0.2, -0.15) is 4.98 Å². The third-order valence-electron chi connectivity index (χ3n) is 3.77. The summed E-state index contributed by atoms with van der Waals surface area (Å²) in [6.07, 6.45) is 1.79. The van der Waals surface area contributed by atoms with Crippen molar-refractivity contribution in [2.45, 2.75) is 0 Å². The van der Waals surface area contributed by atoms with Gasteiger partial charge in [0.2, 0.25) is 5.88 Å². The van der Waals surface area contributed by atoms with E-state index in [0.717, 1.165) is 5.22 Å². The number of nitrogens with one attached hydrogen (secondary N) is 1. The molecule has 9 heteroatoms. The number of anilines is 2. The fourth-order valence-corrected chi connectivity index (χ4v) is 3.85. The summed E-state index contributed by atoms with van der Waals surface area (Å²) < 4.78 is 0. The number of aliphatic hydroxyl groups is 1. The van der Waals surface area contributed by atoms with Crippen LogP contribution in [0.1, 0.15) is 4.88 Å². The number of hydrogen-bond acceptors (Lipinski definition) is 7. The van der Waals surface area contributed by atoms with Gasteiger partial charge in [0.1, 0.15) is 6.61 Å². The number of aromatic nitrogens is 1. The van der Waals surface area contributed by atoms with Gasteiger partial charge in [-0.3, -0.25) is 0 Å². The van der Waals surface area contributed by atoms with E-state index in [1.807, 2.05) is 18.2 Å². The van der Waals surface area contributed by atoms with E-state index in [4.69, 9.17) is 28.3 Å². The molecule has 4 rings (SSSR count). The lowest BCUT2D eigenvalue weighted by atomic mass is 10.2. The number of halogens is 2. The van der Waals surface area contributed by atoms with Crippen molar-refractivity contribution in [3.05, 3.63) is 61.9 Å². The molecule has 0 radical (unpaired) electrons. The van der Waals surface area contributed by atoms with Crippen LogP contribution in [0.2, 0.25) is 10.0 Å². The van der Waals surface area contributed by atoms with Crippen molar-refractivity contribution >= 4 is 63.0 Å². The zero-order chi connectivity index (χ0) is 19.0. The number of nitrogens with zero attached hydrogens (tertiary/aromatic N) is 3. The van der Waals surface area contributed by atoms with E-state index in [0.29, 0.717) is 42.6 Å². The maximum atomic E-state index is 10.2. The number of aliphatic imine (C=N–C) groups is 1. The van der Waals surface area contributed by atoms with E-state index in [9.17, 15) is 5.11 Å². The molecular formula is C18H12Cl2N4O2S. The summed E-state index contributed by atoms with van der Waals surface area (Å²) in [5.74, 6) is 0.279. The Labute approximate surface area is 167 Å². The molecule has 0 aliphatic carbocycles. The fourth-order valence-electron chi connectivity index (χ4n) is 2.54. The van der Waals surface area contributed by atoms with Gasteiger partial charge in [-0.1, -0.05) is 46.7 Å². The molecule has 0 bridgehead atoms. The van der Waals surface area contributed by atoms with Gasteiger partial charge < -0.3 is 15.5 Å². The largest absolute Gasteiger partial charge is 0.492 e. The molecule has 136 valence electrons. The minimum Gasteiger partial charge on any atom is -0.492 e. The monoisotopic (exact) mass is 418 g/mol. The molecule has 0 fully saturated rings. The summed E-state index contributed by atoms with van der Waals surface area (Å²) in [5.41, 5.74) is 1.21. The molecule has 3 N–H and O–H groups in total. The average molecular weight is 419 g/mol. The number of hydrogen-bond donors (Lipinski definition) is 3. The third kappa shape index (κ3) is 3.68. The zero-order valence-corrected chi connectivity index (χ0v) is 16.0. The van der Waals surface area contributed by atoms with E-state index >= 15 is 0 Å². The van der Waals surface area contributed by atoms with E-state index in [2.05, 4.69) is 20.3 Å². The number of benzene rings is 2. The van der Waals surface area contributed by atoms with Gasteiger partial charge in [0.15, 0.2) is 11.0 Å². The number of rotatable bonds is 4. The fraction of sp³-hybridized carbons (Fsp3) is 0.0556. The molecule has 0 amide bonds. The Morgan fingerprint density at radius 2 is 1.89 bits per heavy atom. The SMILES string of the molecule is OCC1=Nc2cc(=Cc3sc(Nc4c(Cl)cccc4Cl)nc3O)ccc2=N1. The first kappa shape index (κ1) is 17.9. The van der Waals surface area contributed by atoms with Gasteiger partial charge in [-0.25, -0.2) is 9.98 Å². The summed E-state index contributed by atoms with van der Waals surface area (Å²) >= 11 is 13.6. The molecule has 1 aromatic heterocycles. The molecule has 2 heterocycles. The van der Waals surface area contributed by atoms with E-state index < -0.39 is 0 Å². The highest BCUT2D eigenvalue weighted by atomic mass is 35.5. The Kier molecular flexibility index (Phi) is 4.84. The quantitative estimate of drug-likeness (QED) is 0.605. The summed E-state index contributed by atoms with van der Waals surface area (Å²) in [5, 5.41) is 25.3. The highest BCUT2D eigenvalue weighted by Crippen LogP contribution is 2.36. The van der Waals surface area contributed by atoms with E-state index in [1.165, 1.54) is 11.3 Å². The molecule has 27 heavy (non-hydrogen) atoms. The minimum absolute atomic E-state index is 0.101. The molecule has 0 saturated heterocycles. The standard InChI is InChI=1S/C18H12Cl2N4O2S/c19-10-2-1-3-11(20)16(10)23-18-24-17(26)14(27-18)7-9-4-5-12-13(6-9)22-15(8-25)21-12/h1-7,25-26H,8H2,(H,23,24). The summed E-state index contributed by atoms with van der Waals surface area (Å²) in [4.78, 5) is 13.1. The Balaban J connectivity index is 1.66. The highest BCUT2D eigenvalue weighted by molar-refractivity contribution is 7.16. The smallest absolute Gasteiger partial charge is 0.231 e. The van der Waals surface area contributed by atoms with Crippen molar-refractivity contribution in [2.75, 3.05) is 11.9 Å². The van der Waals surface area contributed by atoms with Gasteiger partial charge in [0, 0.05) is 0 Å². The Morgan fingerprint density at radius 1 is 1.11 bits per heavy atom. The summed E-state index contributed by atoms with van der Waals surface area (Å²) in [7, 11) is 0. The van der Waals surface area contributed by atoms with Crippen LogP contribution in [-0.4, -0.2) is 27.6 Å². The molecule has 0 spiro atoms. The first-order valence-electron chi connectivity index (χ1n) is 7.83. The van der Waals surface area contributed by atoms with E-state index in [-0.39, 0.29) is 12.5 Å². The number of aromatic hydroxyl groups is 1. The molecule has 0 atom stereocenters.